The molecule has 0 bridgehead atoms. The number of rotatable bonds is 9. The van der Waals surface area contributed by atoms with E-state index in [1.165, 1.54) is 58.5 Å². The van der Waals surface area contributed by atoms with Crippen LogP contribution in [0.2, 0.25) is 0 Å². The van der Waals surface area contributed by atoms with Crippen LogP contribution in [0.4, 0.5) is 0 Å². The molecule has 0 spiro atoms. The van der Waals surface area contributed by atoms with Gasteiger partial charge in [-0.05, 0) is 52.5 Å². The first-order valence-electron chi connectivity index (χ1n) is 17.1. The third kappa shape index (κ3) is 8.99. The van der Waals surface area contributed by atoms with E-state index in [0.717, 1.165) is 53.8 Å². The summed E-state index contributed by atoms with van der Waals surface area (Å²) >= 11 is 0. The molecule has 3 aromatic carbocycles. The van der Waals surface area contributed by atoms with Crippen molar-refractivity contribution >= 4 is 21.5 Å². The monoisotopic (exact) mass is 777 g/mol. The molecule has 1 saturated carbocycles. The van der Waals surface area contributed by atoms with Crippen LogP contribution in [0.15, 0.2) is 78.0 Å². The van der Waals surface area contributed by atoms with E-state index in [1.807, 2.05) is 6.20 Å². The van der Waals surface area contributed by atoms with E-state index in [-0.39, 0.29) is 25.5 Å². The molecule has 4 aromatic rings. The Bertz CT molecular complexity index is 1570. The van der Waals surface area contributed by atoms with Crippen molar-refractivity contribution in [2.45, 2.75) is 111 Å². The number of nitrogens with zero attached hydrogens (tertiary/aromatic N) is 1. The van der Waals surface area contributed by atoms with Crippen LogP contribution in [-0.2, 0) is 25.5 Å². The Labute approximate surface area is 288 Å². The molecule has 0 N–H and O–H groups in total. The van der Waals surface area contributed by atoms with Crippen LogP contribution < -0.4 is 0 Å². The molecule has 0 atom stereocenters. The molecule has 5 rings (SSSR count). The molecule has 240 valence electrons. The standard InChI is InChI=1S/C28H28N.C15H26.Ir/c1-28(2,3)26-18-23(17-21-10-6-7-11-24(21)26)27-25-13-12-20(19-8-4-5-9-19)16-22(25)14-15-29-27;1-7-14(8-2)12(5)11-13(6)15(9-3)10-4;/h6-7,10-16,18-19H,4-5,8-9H2,1-3H3;5,11,14-15H,6-10H2,1-4H3;/q-1;-2;+3/b;13-11+;. The number of benzene rings is 3. The molecule has 1 aromatic heterocycles. The topological polar surface area (TPSA) is 12.9 Å². The summed E-state index contributed by atoms with van der Waals surface area (Å²) in [5.41, 5.74) is 7.24. The minimum atomic E-state index is 0. The minimum absolute atomic E-state index is 0. The Morgan fingerprint density at radius 2 is 1.56 bits per heavy atom. The maximum atomic E-state index is 6.09. The van der Waals surface area contributed by atoms with Gasteiger partial charge in [0.2, 0.25) is 0 Å². The molecular formula is C43H54IrN. The van der Waals surface area contributed by atoms with Gasteiger partial charge in [-0.2, -0.15) is 0 Å². The van der Waals surface area contributed by atoms with E-state index in [2.05, 4.69) is 122 Å². The Kier molecular flexibility index (Phi) is 13.7. The predicted molar refractivity (Wildman–Crippen MR) is 193 cm³/mol. The van der Waals surface area contributed by atoms with Crippen molar-refractivity contribution in [3.63, 3.8) is 0 Å². The molecule has 0 unspecified atom stereocenters. The van der Waals surface area contributed by atoms with Gasteiger partial charge in [0.15, 0.2) is 0 Å². The first-order chi connectivity index (χ1) is 21.1. The molecule has 0 saturated heterocycles. The van der Waals surface area contributed by atoms with Crippen molar-refractivity contribution in [1.29, 1.82) is 0 Å². The molecule has 0 amide bonds. The van der Waals surface area contributed by atoms with Gasteiger partial charge in [-0.3, -0.25) is 11.6 Å². The van der Waals surface area contributed by atoms with E-state index >= 15 is 0 Å². The largest absolute Gasteiger partial charge is 3.00 e. The molecule has 0 aliphatic heterocycles. The summed E-state index contributed by atoms with van der Waals surface area (Å²) in [6.45, 7) is 25.9. The van der Waals surface area contributed by atoms with Crippen molar-refractivity contribution in [2.75, 3.05) is 0 Å². The molecule has 0 radical (unpaired) electrons. The molecule has 2 heteroatoms. The normalized spacial score (nSPS) is 14.1. The summed E-state index contributed by atoms with van der Waals surface area (Å²) in [6, 6.07) is 23.7. The van der Waals surface area contributed by atoms with Crippen LogP contribution in [-0.4, -0.2) is 4.98 Å². The quantitative estimate of drug-likeness (QED) is 0.122. The second-order valence-electron chi connectivity index (χ2n) is 13.8. The summed E-state index contributed by atoms with van der Waals surface area (Å²) in [5.74, 6) is 1.85. The number of allylic oxidation sites excluding steroid dienone is 3. The van der Waals surface area contributed by atoms with Gasteiger partial charge in [0.25, 0.3) is 0 Å². The van der Waals surface area contributed by atoms with Crippen molar-refractivity contribution < 1.29 is 20.1 Å². The van der Waals surface area contributed by atoms with E-state index in [9.17, 15) is 0 Å². The van der Waals surface area contributed by atoms with Gasteiger partial charge in [0.05, 0.1) is 0 Å². The van der Waals surface area contributed by atoms with Crippen LogP contribution in [0.3, 0.4) is 0 Å². The zero-order valence-electron chi connectivity index (χ0n) is 28.8. The maximum absolute atomic E-state index is 6.09. The summed E-state index contributed by atoms with van der Waals surface area (Å²) < 4.78 is 0. The van der Waals surface area contributed by atoms with Crippen LogP contribution in [0, 0.1) is 31.4 Å². The van der Waals surface area contributed by atoms with E-state index in [4.69, 9.17) is 11.6 Å². The number of fused-ring (bicyclic) bond motifs is 2. The van der Waals surface area contributed by atoms with Crippen molar-refractivity contribution in [3.8, 4) is 11.3 Å². The third-order valence-electron chi connectivity index (χ3n) is 9.77. The average molecular weight is 777 g/mol. The van der Waals surface area contributed by atoms with Gasteiger partial charge in [-0.15, -0.1) is 29.1 Å². The van der Waals surface area contributed by atoms with Crippen molar-refractivity contribution in [2.24, 2.45) is 11.8 Å². The Balaban J connectivity index is 0.000000297. The van der Waals surface area contributed by atoms with Crippen LogP contribution >= 0.6 is 0 Å². The Morgan fingerprint density at radius 3 is 2.18 bits per heavy atom. The maximum Gasteiger partial charge on any atom is 3.00 e. The molecule has 1 nitrogen and oxygen atoms in total. The first-order valence-corrected chi connectivity index (χ1v) is 17.1. The van der Waals surface area contributed by atoms with Gasteiger partial charge in [-0.1, -0.05) is 140 Å². The van der Waals surface area contributed by atoms with Crippen molar-refractivity contribution in [1.82, 2.24) is 4.98 Å². The average Bonchev–Trinajstić information content (AvgIpc) is 3.56. The zero-order chi connectivity index (χ0) is 31.9. The van der Waals surface area contributed by atoms with Crippen LogP contribution in [0.25, 0.3) is 32.8 Å². The second-order valence-corrected chi connectivity index (χ2v) is 13.8. The Morgan fingerprint density at radius 1 is 0.911 bits per heavy atom. The van der Waals surface area contributed by atoms with Crippen LogP contribution in [0.1, 0.15) is 117 Å². The van der Waals surface area contributed by atoms with Crippen molar-refractivity contribution in [3.05, 3.63) is 109 Å². The SMILES string of the molecule is CC(C)(C)c1cc(-c2nccc3cc(C4CCCC4)ccc23)[c-]c2ccccc12.[CH-]=C(/C=C(\[CH2-])C(CC)CC)C(CC)CC.[Ir+3]. The Hall–Kier alpha value is -2.67. The molecular weight excluding hydrogens is 723 g/mol. The number of hydrogen-bond acceptors (Lipinski definition) is 1. The van der Waals surface area contributed by atoms with Crippen LogP contribution in [0.5, 0.6) is 0 Å². The van der Waals surface area contributed by atoms with Gasteiger partial charge in [-0.25, -0.2) is 24.1 Å². The van der Waals surface area contributed by atoms with Gasteiger partial charge in [0, 0.05) is 11.9 Å². The molecule has 45 heavy (non-hydrogen) atoms. The summed E-state index contributed by atoms with van der Waals surface area (Å²) in [4.78, 5) is 4.80. The predicted octanol–water partition coefficient (Wildman–Crippen LogP) is 12.8. The third-order valence-corrected chi connectivity index (χ3v) is 9.77. The second kappa shape index (κ2) is 16.8. The first kappa shape index (κ1) is 36.8. The summed E-state index contributed by atoms with van der Waals surface area (Å²) in [5, 5.41) is 4.96. The smallest absolute Gasteiger partial charge is 0.294 e. The fourth-order valence-corrected chi connectivity index (χ4v) is 6.93. The van der Waals surface area contributed by atoms with Gasteiger partial charge in [0.1, 0.15) is 0 Å². The fourth-order valence-electron chi connectivity index (χ4n) is 6.93. The van der Waals surface area contributed by atoms with Gasteiger partial charge < -0.3 is 0 Å². The zero-order valence-corrected chi connectivity index (χ0v) is 31.2. The fraction of sp³-hybridized carbons (Fsp3) is 0.442. The molecule has 1 fully saturated rings. The molecule has 1 aliphatic carbocycles. The molecule has 1 aliphatic rings. The number of pyridine rings is 1. The molecule has 1 heterocycles. The summed E-state index contributed by atoms with van der Waals surface area (Å²) in [7, 11) is 0. The number of aromatic nitrogens is 1. The van der Waals surface area contributed by atoms with E-state index in [0.29, 0.717) is 11.8 Å². The van der Waals surface area contributed by atoms with E-state index < -0.39 is 0 Å². The van der Waals surface area contributed by atoms with E-state index in [1.54, 1.807) is 0 Å². The van der Waals surface area contributed by atoms with Gasteiger partial charge >= 0.3 is 20.1 Å². The minimum Gasteiger partial charge on any atom is -0.294 e. The summed E-state index contributed by atoms with van der Waals surface area (Å²) in [6.07, 6.45) is 14.0. The number of hydrogen-bond donors (Lipinski definition) is 0.